The van der Waals surface area contributed by atoms with Gasteiger partial charge in [0.25, 0.3) is 0 Å². The van der Waals surface area contributed by atoms with E-state index >= 15 is 0 Å². The van der Waals surface area contributed by atoms with Crippen molar-refractivity contribution in [3.8, 4) is 6.07 Å². The Labute approximate surface area is 129 Å². The van der Waals surface area contributed by atoms with Gasteiger partial charge in [-0.3, -0.25) is 4.90 Å². The van der Waals surface area contributed by atoms with Crippen LogP contribution < -0.4 is 0 Å². The lowest BCUT2D eigenvalue weighted by Crippen LogP contribution is -2.39. The van der Waals surface area contributed by atoms with Crippen LogP contribution in [0.5, 0.6) is 0 Å². The summed E-state index contributed by atoms with van der Waals surface area (Å²) in [5.41, 5.74) is 0.647. The lowest BCUT2D eigenvalue weighted by molar-refractivity contribution is 0.170. The molecular formula is C15H17Cl2FN2. The Morgan fingerprint density at radius 1 is 1.25 bits per heavy atom. The van der Waals surface area contributed by atoms with E-state index in [4.69, 9.17) is 23.2 Å². The van der Waals surface area contributed by atoms with Crippen LogP contribution in [-0.2, 0) is 0 Å². The molecule has 0 unspecified atom stereocenters. The van der Waals surface area contributed by atoms with Gasteiger partial charge in [-0.2, -0.15) is 5.26 Å². The summed E-state index contributed by atoms with van der Waals surface area (Å²) in [7, 11) is 0. The quantitative estimate of drug-likeness (QED) is 0.715. The average molecular weight is 315 g/mol. The van der Waals surface area contributed by atoms with Crippen molar-refractivity contribution in [2.75, 3.05) is 13.1 Å². The van der Waals surface area contributed by atoms with E-state index in [1.807, 2.05) is 0 Å². The molecule has 1 fully saturated rings. The maximum absolute atomic E-state index is 13.7. The Morgan fingerprint density at radius 2 is 1.90 bits per heavy atom. The van der Waals surface area contributed by atoms with Crippen molar-refractivity contribution in [2.24, 2.45) is 5.92 Å². The third-order valence-corrected chi connectivity index (χ3v) is 4.49. The van der Waals surface area contributed by atoms with Gasteiger partial charge >= 0.3 is 0 Å². The van der Waals surface area contributed by atoms with Crippen LogP contribution in [0.2, 0.25) is 10.0 Å². The van der Waals surface area contributed by atoms with E-state index in [1.54, 1.807) is 0 Å². The van der Waals surface area contributed by atoms with Crippen LogP contribution in [0.25, 0.3) is 0 Å². The molecule has 1 heterocycles. The molecular weight excluding hydrogens is 298 g/mol. The summed E-state index contributed by atoms with van der Waals surface area (Å²) in [6.07, 6.45) is 0. The number of rotatable bonds is 1. The minimum absolute atomic E-state index is 0.0120. The second-order valence-corrected chi connectivity index (χ2v) is 7.02. The average Bonchev–Trinajstić information content (AvgIpc) is 2.77. The maximum atomic E-state index is 13.7. The number of likely N-dealkylation sites (tertiary alicyclic amines) is 1. The normalized spacial score (nSPS) is 23.9. The zero-order chi connectivity index (χ0) is 15.1. The van der Waals surface area contributed by atoms with Crippen molar-refractivity contribution in [3.63, 3.8) is 0 Å². The van der Waals surface area contributed by atoms with Crippen molar-refractivity contribution < 1.29 is 4.39 Å². The second kappa shape index (κ2) is 5.52. The zero-order valence-corrected chi connectivity index (χ0v) is 13.3. The zero-order valence-electron chi connectivity index (χ0n) is 11.8. The van der Waals surface area contributed by atoms with Crippen LogP contribution in [0, 0.1) is 23.1 Å². The number of nitriles is 1. The van der Waals surface area contributed by atoms with Gasteiger partial charge in [-0.1, -0.05) is 23.2 Å². The van der Waals surface area contributed by atoms with Gasteiger partial charge in [-0.15, -0.1) is 0 Å². The summed E-state index contributed by atoms with van der Waals surface area (Å²) in [4.78, 5) is 2.23. The van der Waals surface area contributed by atoms with E-state index in [1.165, 1.54) is 12.1 Å². The first kappa shape index (κ1) is 15.6. The molecule has 0 spiro atoms. The lowest BCUT2D eigenvalue weighted by atomic mass is 9.90. The highest BCUT2D eigenvalue weighted by molar-refractivity contribution is 6.35. The molecule has 2 atom stereocenters. The molecule has 20 heavy (non-hydrogen) atoms. The predicted molar refractivity (Wildman–Crippen MR) is 79.6 cm³/mol. The van der Waals surface area contributed by atoms with Gasteiger partial charge in [0.1, 0.15) is 5.82 Å². The third-order valence-electron chi connectivity index (χ3n) is 3.87. The van der Waals surface area contributed by atoms with Gasteiger partial charge < -0.3 is 0 Å². The fraction of sp³-hybridized carbons (Fsp3) is 0.533. The van der Waals surface area contributed by atoms with E-state index in [9.17, 15) is 9.65 Å². The number of hydrogen-bond donors (Lipinski definition) is 0. The van der Waals surface area contributed by atoms with Gasteiger partial charge in [0.2, 0.25) is 0 Å². The fourth-order valence-corrected chi connectivity index (χ4v) is 3.14. The number of halogens is 3. The maximum Gasteiger partial charge on any atom is 0.142 e. The summed E-state index contributed by atoms with van der Waals surface area (Å²) in [5, 5.41) is 9.80. The molecule has 1 aromatic carbocycles. The monoisotopic (exact) mass is 314 g/mol. The topological polar surface area (TPSA) is 27.0 Å². The smallest absolute Gasteiger partial charge is 0.142 e. The Morgan fingerprint density at radius 3 is 2.45 bits per heavy atom. The van der Waals surface area contributed by atoms with Crippen molar-refractivity contribution in [2.45, 2.75) is 32.2 Å². The molecule has 1 saturated heterocycles. The second-order valence-electron chi connectivity index (χ2n) is 6.21. The Bertz CT molecular complexity index is 560. The number of benzene rings is 1. The number of hydrogen-bond acceptors (Lipinski definition) is 2. The lowest BCUT2D eigenvalue weighted by Gasteiger charge is -2.31. The molecule has 0 bridgehead atoms. The van der Waals surface area contributed by atoms with E-state index in [-0.39, 0.29) is 22.4 Å². The highest BCUT2D eigenvalue weighted by Gasteiger charge is 2.39. The van der Waals surface area contributed by atoms with Gasteiger partial charge in [0.05, 0.1) is 17.0 Å². The molecule has 1 aliphatic rings. The van der Waals surface area contributed by atoms with Crippen LogP contribution in [0.15, 0.2) is 12.1 Å². The molecule has 5 heteroatoms. The van der Waals surface area contributed by atoms with Crippen LogP contribution in [0.3, 0.4) is 0 Å². The molecule has 0 radical (unpaired) electrons. The van der Waals surface area contributed by atoms with Crippen LogP contribution in [-0.4, -0.2) is 23.5 Å². The Hall–Kier alpha value is -0.820. The van der Waals surface area contributed by atoms with Crippen molar-refractivity contribution in [3.05, 3.63) is 33.6 Å². The molecule has 0 amide bonds. The van der Waals surface area contributed by atoms with Crippen molar-refractivity contribution in [1.82, 2.24) is 4.90 Å². The first-order valence-corrected chi connectivity index (χ1v) is 7.28. The Kier molecular flexibility index (Phi) is 4.30. The summed E-state index contributed by atoms with van der Waals surface area (Å²) >= 11 is 11.9. The van der Waals surface area contributed by atoms with Crippen LogP contribution >= 0.6 is 23.2 Å². The highest BCUT2D eigenvalue weighted by Crippen LogP contribution is 2.40. The predicted octanol–water partition coefficient (Wildman–Crippen LogP) is 4.47. The van der Waals surface area contributed by atoms with Crippen LogP contribution in [0.4, 0.5) is 4.39 Å². The van der Waals surface area contributed by atoms with Gasteiger partial charge in [0, 0.05) is 29.6 Å². The first-order chi connectivity index (χ1) is 9.24. The van der Waals surface area contributed by atoms with Gasteiger partial charge in [-0.25, -0.2) is 4.39 Å². The van der Waals surface area contributed by atoms with E-state index in [2.05, 4.69) is 31.7 Å². The van der Waals surface area contributed by atoms with E-state index < -0.39 is 5.82 Å². The van der Waals surface area contributed by atoms with E-state index in [0.717, 1.165) is 0 Å². The molecule has 2 nitrogen and oxygen atoms in total. The summed E-state index contributed by atoms with van der Waals surface area (Å²) in [5.74, 6) is -0.761. The molecule has 1 aliphatic heterocycles. The molecule has 0 aromatic heterocycles. The molecule has 0 N–H and O–H groups in total. The third kappa shape index (κ3) is 2.93. The van der Waals surface area contributed by atoms with Crippen molar-refractivity contribution >= 4 is 23.2 Å². The highest BCUT2D eigenvalue weighted by atomic mass is 35.5. The molecule has 108 valence electrons. The van der Waals surface area contributed by atoms with Gasteiger partial charge in [0.15, 0.2) is 0 Å². The van der Waals surface area contributed by atoms with E-state index in [0.29, 0.717) is 23.7 Å². The standard InChI is InChI=1S/C15H17Cl2FN2/c1-15(2,3)20-7-9(6-19)11(8-20)10-4-14(18)13(17)5-12(10)16/h4-5,9,11H,7-8H2,1-3H3/t9-,11-/m1/s1. The molecule has 1 aromatic rings. The largest absolute Gasteiger partial charge is 0.297 e. The SMILES string of the molecule is CC(C)(C)N1C[C@@H](C#N)[C@H](c2cc(F)c(Cl)cc2Cl)C1. The molecule has 2 rings (SSSR count). The minimum Gasteiger partial charge on any atom is -0.297 e. The van der Waals surface area contributed by atoms with Crippen molar-refractivity contribution in [1.29, 1.82) is 5.26 Å². The molecule has 0 aliphatic carbocycles. The van der Waals surface area contributed by atoms with Gasteiger partial charge in [-0.05, 0) is 38.5 Å². The summed E-state index contributed by atoms with van der Waals surface area (Å²) in [6.45, 7) is 7.68. The Balaban J connectivity index is 2.37. The number of nitrogens with zero attached hydrogens (tertiary/aromatic N) is 2. The summed E-state index contributed by atoms with van der Waals surface area (Å²) < 4.78 is 13.7. The molecule has 0 saturated carbocycles. The minimum atomic E-state index is -0.489. The summed E-state index contributed by atoms with van der Waals surface area (Å²) in [6, 6.07) is 5.11. The van der Waals surface area contributed by atoms with Crippen LogP contribution in [0.1, 0.15) is 32.3 Å². The first-order valence-electron chi connectivity index (χ1n) is 6.53. The fourth-order valence-electron chi connectivity index (χ4n) is 2.62.